The molecule has 1 aromatic heterocycles. The minimum atomic E-state index is -0.390. The van der Waals surface area contributed by atoms with Crippen molar-refractivity contribution in [3.05, 3.63) is 70.9 Å². The van der Waals surface area contributed by atoms with Crippen molar-refractivity contribution in [1.29, 1.82) is 5.26 Å². The second-order valence-corrected chi connectivity index (χ2v) is 6.15. The van der Waals surface area contributed by atoms with Gasteiger partial charge in [0.05, 0.1) is 0 Å². The van der Waals surface area contributed by atoms with Crippen LogP contribution < -0.4 is 14.2 Å². The van der Waals surface area contributed by atoms with Gasteiger partial charge in [0.15, 0.2) is 18.1 Å². The summed E-state index contributed by atoms with van der Waals surface area (Å²) in [7, 11) is 0. The van der Waals surface area contributed by atoms with Gasteiger partial charge in [0.25, 0.3) is 0 Å². The van der Waals surface area contributed by atoms with E-state index in [1.54, 1.807) is 49.4 Å². The van der Waals surface area contributed by atoms with Crippen LogP contribution in [0.5, 0.6) is 17.2 Å². The van der Waals surface area contributed by atoms with E-state index in [9.17, 15) is 10.1 Å². The molecule has 0 bridgehead atoms. The third-order valence-electron chi connectivity index (χ3n) is 4.13. The Morgan fingerprint density at radius 1 is 1.21 bits per heavy atom. The fourth-order valence-electron chi connectivity index (χ4n) is 2.72. The van der Waals surface area contributed by atoms with Gasteiger partial charge >= 0.3 is 0 Å². The summed E-state index contributed by atoms with van der Waals surface area (Å²) in [4.78, 5) is 16.7. The number of rotatable bonds is 6. The standard InChI is InChI=1S/C21H15N3O5/c1-13-23-20(24-29-13)11-26-17-5-2-14(3-6-17)8-16(10-22)21(25)15-4-7-18-19(9-15)28-12-27-18/h2-9H,11-12H2,1H3/b16-8-. The Balaban J connectivity index is 1.46. The van der Waals surface area contributed by atoms with Gasteiger partial charge in [-0.1, -0.05) is 17.3 Å². The van der Waals surface area contributed by atoms with Crippen LogP contribution >= 0.6 is 0 Å². The second kappa shape index (κ2) is 7.86. The van der Waals surface area contributed by atoms with Crippen LogP contribution in [0.4, 0.5) is 0 Å². The van der Waals surface area contributed by atoms with E-state index in [-0.39, 0.29) is 19.0 Å². The molecule has 0 fully saturated rings. The molecule has 2 heterocycles. The lowest BCUT2D eigenvalue weighted by Gasteiger charge is -2.04. The van der Waals surface area contributed by atoms with E-state index >= 15 is 0 Å². The Kier molecular flexibility index (Phi) is 4.95. The maximum atomic E-state index is 12.7. The normalized spacial score (nSPS) is 12.5. The highest BCUT2D eigenvalue weighted by Crippen LogP contribution is 2.33. The predicted octanol–water partition coefficient (Wildman–Crippen LogP) is 3.48. The largest absolute Gasteiger partial charge is 0.485 e. The molecule has 0 unspecified atom stereocenters. The Morgan fingerprint density at radius 2 is 2.00 bits per heavy atom. The van der Waals surface area contributed by atoms with Gasteiger partial charge < -0.3 is 18.7 Å². The number of allylic oxidation sites excluding steroid dienone is 1. The van der Waals surface area contributed by atoms with Gasteiger partial charge in [-0.3, -0.25) is 4.79 Å². The van der Waals surface area contributed by atoms with Gasteiger partial charge in [0.2, 0.25) is 24.3 Å². The zero-order valence-electron chi connectivity index (χ0n) is 15.4. The molecule has 8 heteroatoms. The van der Waals surface area contributed by atoms with Crippen molar-refractivity contribution < 1.29 is 23.5 Å². The van der Waals surface area contributed by atoms with Crippen molar-refractivity contribution >= 4 is 11.9 Å². The number of fused-ring (bicyclic) bond motifs is 1. The summed E-state index contributed by atoms with van der Waals surface area (Å²) in [5.74, 6) is 2.21. The van der Waals surface area contributed by atoms with E-state index in [2.05, 4.69) is 10.1 Å². The number of hydrogen-bond donors (Lipinski definition) is 0. The number of aryl methyl sites for hydroxylation is 1. The average molecular weight is 389 g/mol. The van der Waals surface area contributed by atoms with Crippen molar-refractivity contribution in [2.75, 3.05) is 6.79 Å². The molecule has 0 N–H and O–H groups in total. The van der Waals surface area contributed by atoms with Crippen LogP contribution in [0.3, 0.4) is 0 Å². The summed E-state index contributed by atoms with van der Waals surface area (Å²) in [5, 5.41) is 13.2. The van der Waals surface area contributed by atoms with Crippen LogP contribution in [-0.2, 0) is 6.61 Å². The van der Waals surface area contributed by atoms with Crippen LogP contribution in [-0.4, -0.2) is 22.7 Å². The van der Waals surface area contributed by atoms with Gasteiger partial charge in [-0.25, -0.2) is 0 Å². The first-order valence-corrected chi connectivity index (χ1v) is 8.70. The topological polar surface area (TPSA) is 107 Å². The van der Waals surface area contributed by atoms with Crippen molar-refractivity contribution in [2.24, 2.45) is 0 Å². The third kappa shape index (κ3) is 4.09. The summed E-state index contributed by atoms with van der Waals surface area (Å²) in [5.41, 5.74) is 1.07. The molecule has 0 aliphatic carbocycles. The fourth-order valence-corrected chi connectivity index (χ4v) is 2.72. The highest BCUT2D eigenvalue weighted by molar-refractivity contribution is 6.14. The van der Waals surface area contributed by atoms with Crippen molar-refractivity contribution in [3.8, 4) is 23.3 Å². The van der Waals surface area contributed by atoms with Gasteiger partial charge in [-0.05, 0) is 42.0 Å². The molecular formula is C21H15N3O5. The van der Waals surface area contributed by atoms with E-state index in [1.807, 2.05) is 6.07 Å². The summed E-state index contributed by atoms with van der Waals surface area (Å²) >= 11 is 0. The number of benzene rings is 2. The number of ketones is 1. The summed E-state index contributed by atoms with van der Waals surface area (Å²) in [6, 6.07) is 13.8. The minimum absolute atomic E-state index is 0.0137. The number of nitriles is 1. The molecule has 8 nitrogen and oxygen atoms in total. The van der Waals surface area contributed by atoms with Crippen LogP contribution in [0.15, 0.2) is 52.6 Å². The van der Waals surface area contributed by atoms with Crippen LogP contribution in [0.25, 0.3) is 6.08 Å². The lowest BCUT2D eigenvalue weighted by Crippen LogP contribution is -2.02. The molecule has 1 aliphatic rings. The second-order valence-electron chi connectivity index (χ2n) is 6.15. The fraction of sp³-hybridized carbons (Fsp3) is 0.143. The predicted molar refractivity (Wildman–Crippen MR) is 100 cm³/mol. The van der Waals surface area contributed by atoms with Gasteiger partial charge in [0.1, 0.15) is 17.4 Å². The molecule has 4 rings (SSSR count). The Hall–Kier alpha value is -4.12. The number of ether oxygens (including phenoxy) is 3. The zero-order chi connectivity index (χ0) is 20.2. The summed E-state index contributed by atoms with van der Waals surface area (Å²) < 4.78 is 21.0. The first-order valence-electron chi connectivity index (χ1n) is 8.70. The van der Waals surface area contributed by atoms with Crippen LogP contribution in [0, 0.1) is 18.3 Å². The highest BCUT2D eigenvalue weighted by Gasteiger charge is 2.18. The molecule has 0 saturated heterocycles. The van der Waals surface area contributed by atoms with Crippen molar-refractivity contribution in [3.63, 3.8) is 0 Å². The Labute approximate surface area is 165 Å². The van der Waals surface area contributed by atoms with Crippen LogP contribution in [0.1, 0.15) is 27.6 Å². The molecular weight excluding hydrogens is 374 g/mol. The van der Waals surface area contributed by atoms with Gasteiger partial charge in [0, 0.05) is 12.5 Å². The number of carbonyl (C=O) groups is 1. The number of nitrogens with zero attached hydrogens (tertiary/aromatic N) is 3. The van der Waals surface area contributed by atoms with E-state index < -0.39 is 5.78 Å². The maximum absolute atomic E-state index is 12.7. The van der Waals surface area contributed by atoms with Crippen LogP contribution in [0.2, 0.25) is 0 Å². The van der Waals surface area contributed by atoms with Crippen molar-refractivity contribution in [1.82, 2.24) is 10.1 Å². The summed E-state index contributed by atoms with van der Waals surface area (Å²) in [6.07, 6.45) is 1.53. The molecule has 144 valence electrons. The quantitative estimate of drug-likeness (QED) is 0.358. The Morgan fingerprint density at radius 3 is 2.72 bits per heavy atom. The first-order chi connectivity index (χ1) is 14.1. The lowest BCUT2D eigenvalue weighted by molar-refractivity contribution is 0.103. The molecule has 0 saturated carbocycles. The van der Waals surface area contributed by atoms with Gasteiger partial charge in [-0.2, -0.15) is 10.2 Å². The third-order valence-corrected chi connectivity index (χ3v) is 4.13. The maximum Gasteiger partial charge on any atom is 0.231 e. The van der Waals surface area contributed by atoms with E-state index in [0.717, 1.165) is 0 Å². The smallest absolute Gasteiger partial charge is 0.231 e. The van der Waals surface area contributed by atoms with E-state index in [1.165, 1.54) is 6.08 Å². The average Bonchev–Trinajstić information content (AvgIpc) is 3.38. The molecule has 1 aliphatic heterocycles. The van der Waals surface area contributed by atoms with Gasteiger partial charge in [-0.15, -0.1) is 0 Å². The van der Waals surface area contributed by atoms with E-state index in [0.29, 0.717) is 40.1 Å². The number of Topliss-reactive ketones (excluding diaryl/α,β-unsaturated/α-hetero) is 1. The first kappa shape index (κ1) is 18.3. The molecule has 3 aromatic rings. The highest BCUT2D eigenvalue weighted by atomic mass is 16.7. The SMILES string of the molecule is Cc1nc(COc2ccc(/C=C(/C#N)C(=O)c3ccc4c(c3)OCO4)cc2)no1. The van der Waals surface area contributed by atoms with E-state index in [4.69, 9.17) is 18.7 Å². The Bertz CT molecular complexity index is 1130. The number of hydrogen-bond acceptors (Lipinski definition) is 8. The number of aromatic nitrogens is 2. The zero-order valence-corrected chi connectivity index (χ0v) is 15.4. The molecule has 0 radical (unpaired) electrons. The molecule has 0 spiro atoms. The number of carbonyl (C=O) groups excluding carboxylic acids is 1. The summed E-state index contributed by atoms with van der Waals surface area (Å²) in [6.45, 7) is 2.00. The molecule has 0 amide bonds. The minimum Gasteiger partial charge on any atom is -0.485 e. The lowest BCUT2D eigenvalue weighted by atomic mass is 10.0. The molecule has 0 atom stereocenters. The monoisotopic (exact) mass is 389 g/mol. The van der Waals surface area contributed by atoms with Crippen molar-refractivity contribution in [2.45, 2.75) is 13.5 Å². The molecule has 29 heavy (non-hydrogen) atoms. The molecule has 2 aromatic carbocycles.